The summed E-state index contributed by atoms with van der Waals surface area (Å²) >= 11 is 0. The van der Waals surface area contributed by atoms with Crippen molar-refractivity contribution in [1.29, 1.82) is 0 Å². The number of hydrogen-bond acceptors (Lipinski definition) is 4. The van der Waals surface area contributed by atoms with Crippen molar-refractivity contribution >= 4 is 5.91 Å². The molecule has 0 saturated carbocycles. The molecule has 3 aromatic rings. The van der Waals surface area contributed by atoms with Gasteiger partial charge in [0.2, 0.25) is 0 Å². The Morgan fingerprint density at radius 1 is 1.32 bits per heavy atom. The van der Waals surface area contributed by atoms with E-state index in [2.05, 4.69) is 20.6 Å². The quantitative estimate of drug-likeness (QED) is 0.723. The molecule has 0 radical (unpaired) electrons. The Kier molecular flexibility index (Phi) is 4.83. The van der Waals surface area contributed by atoms with Crippen molar-refractivity contribution in [1.82, 2.24) is 25.3 Å². The third-order valence-corrected chi connectivity index (χ3v) is 4.05. The maximum Gasteiger partial charge on any atom is 0.269 e. The first-order chi connectivity index (χ1) is 12.1. The first-order valence-electron chi connectivity index (χ1n) is 8.14. The highest BCUT2D eigenvalue weighted by molar-refractivity contribution is 5.93. The van der Waals surface area contributed by atoms with E-state index >= 15 is 0 Å². The molecule has 0 aliphatic rings. The van der Waals surface area contributed by atoms with Gasteiger partial charge in [-0.2, -0.15) is 10.2 Å². The molecule has 0 saturated heterocycles. The van der Waals surface area contributed by atoms with Gasteiger partial charge < -0.3 is 10.1 Å². The molecule has 3 rings (SSSR count). The van der Waals surface area contributed by atoms with Crippen LogP contribution in [0.4, 0.5) is 0 Å². The second-order valence-corrected chi connectivity index (χ2v) is 5.66. The van der Waals surface area contributed by atoms with Crippen LogP contribution < -0.4 is 10.1 Å². The topological polar surface area (TPSA) is 84.8 Å². The van der Waals surface area contributed by atoms with Crippen LogP contribution in [0.3, 0.4) is 0 Å². The molecule has 7 nitrogen and oxygen atoms in total. The van der Waals surface area contributed by atoms with E-state index < -0.39 is 0 Å². The molecule has 0 bridgehead atoms. The van der Waals surface area contributed by atoms with Crippen LogP contribution in [0.2, 0.25) is 0 Å². The summed E-state index contributed by atoms with van der Waals surface area (Å²) in [5.41, 5.74) is 3.00. The molecule has 2 heterocycles. The minimum Gasteiger partial charge on any atom is -0.497 e. The van der Waals surface area contributed by atoms with E-state index in [1.165, 1.54) is 0 Å². The number of carbonyl (C=O) groups is 1. The predicted molar refractivity (Wildman–Crippen MR) is 94.4 cm³/mol. The largest absolute Gasteiger partial charge is 0.497 e. The molecule has 2 N–H and O–H groups in total. The van der Waals surface area contributed by atoms with Crippen molar-refractivity contribution in [2.75, 3.05) is 7.11 Å². The highest BCUT2D eigenvalue weighted by atomic mass is 16.5. The van der Waals surface area contributed by atoms with Crippen LogP contribution in [0.1, 0.15) is 36.1 Å². The van der Waals surface area contributed by atoms with Crippen molar-refractivity contribution in [3.63, 3.8) is 0 Å². The second kappa shape index (κ2) is 7.21. The van der Waals surface area contributed by atoms with E-state index in [0.29, 0.717) is 11.4 Å². The average Bonchev–Trinajstić information content (AvgIpc) is 3.31. The van der Waals surface area contributed by atoms with Gasteiger partial charge in [0.15, 0.2) is 0 Å². The summed E-state index contributed by atoms with van der Waals surface area (Å²) < 4.78 is 7.01. The average molecular weight is 339 g/mol. The van der Waals surface area contributed by atoms with E-state index in [4.69, 9.17) is 4.74 Å². The Labute approximate surface area is 146 Å². The van der Waals surface area contributed by atoms with Crippen LogP contribution in [0.15, 0.2) is 42.6 Å². The van der Waals surface area contributed by atoms with Gasteiger partial charge in [-0.15, -0.1) is 0 Å². The van der Waals surface area contributed by atoms with Gasteiger partial charge in [-0.25, -0.2) is 0 Å². The third-order valence-electron chi connectivity index (χ3n) is 4.05. The minimum absolute atomic E-state index is 0.150. The number of amides is 1. The van der Waals surface area contributed by atoms with Gasteiger partial charge in [0.05, 0.1) is 24.5 Å². The molecule has 0 aliphatic heterocycles. The molecule has 0 spiro atoms. The summed E-state index contributed by atoms with van der Waals surface area (Å²) in [6.07, 6.45) is 1.74. The zero-order valence-electron chi connectivity index (χ0n) is 14.5. The van der Waals surface area contributed by atoms with Crippen LogP contribution in [0.5, 0.6) is 5.75 Å². The highest BCUT2D eigenvalue weighted by Gasteiger charge is 2.17. The SMILES string of the molecule is CCn1nccc1C(C)NC(=O)c1cc(-c2ccc(OC)cc2)n[nH]1. The van der Waals surface area contributed by atoms with Crippen LogP contribution in [-0.4, -0.2) is 33.0 Å². The molecule has 1 aromatic carbocycles. The van der Waals surface area contributed by atoms with Crippen molar-refractivity contribution in [2.45, 2.75) is 26.4 Å². The molecule has 1 atom stereocenters. The van der Waals surface area contributed by atoms with Crippen molar-refractivity contribution < 1.29 is 9.53 Å². The number of aromatic amines is 1. The number of hydrogen-bond donors (Lipinski definition) is 2. The van der Waals surface area contributed by atoms with Crippen molar-refractivity contribution in [3.05, 3.63) is 54.0 Å². The lowest BCUT2D eigenvalue weighted by atomic mass is 10.1. The minimum atomic E-state index is -0.205. The number of benzene rings is 1. The number of methoxy groups -OCH3 is 1. The van der Waals surface area contributed by atoms with E-state index in [-0.39, 0.29) is 11.9 Å². The number of carbonyl (C=O) groups excluding carboxylic acids is 1. The smallest absolute Gasteiger partial charge is 0.269 e. The molecule has 25 heavy (non-hydrogen) atoms. The predicted octanol–water partition coefficient (Wildman–Crippen LogP) is 2.79. The van der Waals surface area contributed by atoms with E-state index in [1.807, 2.05) is 48.9 Å². The Morgan fingerprint density at radius 3 is 2.76 bits per heavy atom. The summed E-state index contributed by atoms with van der Waals surface area (Å²) in [5, 5.41) is 14.2. The lowest BCUT2D eigenvalue weighted by Gasteiger charge is -2.14. The number of nitrogens with zero attached hydrogens (tertiary/aromatic N) is 3. The molecule has 0 fully saturated rings. The lowest BCUT2D eigenvalue weighted by Crippen LogP contribution is -2.28. The number of nitrogens with one attached hydrogen (secondary N) is 2. The summed E-state index contributed by atoms with van der Waals surface area (Å²) in [6, 6.07) is 11.0. The Balaban J connectivity index is 1.72. The highest BCUT2D eigenvalue weighted by Crippen LogP contribution is 2.21. The maximum absolute atomic E-state index is 12.5. The first-order valence-corrected chi connectivity index (χ1v) is 8.14. The Bertz CT molecular complexity index is 850. The molecule has 0 aliphatic carbocycles. The van der Waals surface area contributed by atoms with Gasteiger partial charge in [-0.05, 0) is 50.2 Å². The number of aromatic nitrogens is 4. The second-order valence-electron chi connectivity index (χ2n) is 5.66. The molecular weight excluding hydrogens is 318 g/mol. The standard InChI is InChI=1S/C18H21N5O2/c1-4-23-17(9-10-19-23)12(2)20-18(24)16-11-15(21-22-16)13-5-7-14(25-3)8-6-13/h5-12H,4H2,1-3H3,(H,20,24)(H,21,22). The molecule has 130 valence electrons. The number of aryl methyl sites for hydroxylation is 1. The normalized spacial score (nSPS) is 12.0. The summed E-state index contributed by atoms with van der Waals surface area (Å²) in [4.78, 5) is 12.5. The van der Waals surface area contributed by atoms with Gasteiger partial charge in [-0.3, -0.25) is 14.6 Å². The zero-order chi connectivity index (χ0) is 17.8. The summed E-state index contributed by atoms with van der Waals surface area (Å²) in [6.45, 7) is 4.71. The van der Waals surface area contributed by atoms with Gasteiger partial charge in [0, 0.05) is 18.3 Å². The Hall–Kier alpha value is -3.09. The number of H-pyrrole nitrogens is 1. The molecule has 1 unspecified atom stereocenters. The Morgan fingerprint density at radius 2 is 2.08 bits per heavy atom. The van der Waals surface area contributed by atoms with Gasteiger partial charge in [0.25, 0.3) is 5.91 Å². The fourth-order valence-electron chi connectivity index (χ4n) is 2.67. The maximum atomic E-state index is 12.5. The van der Waals surface area contributed by atoms with Crippen LogP contribution in [0.25, 0.3) is 11.3 Å². The molecule has 2 aromatic heterocycles. The van der Waals surface area contributed by atoms with E-state index in [1.54, 1.807) is 19.4 Å². The summed E-state index contributed by atoms with van der Waals surface area (Å²) in [7, 11) is 1.62. The zero-order valence-corrected chi connectivity index (χ0v) is 14.5. The van der Waals surface area contributed by atoms with Crippen molar-refractivity contribution in [2.24, 2.45) is 0 Å². The van der Waals surface area contributed by atoms with Crippen molar-refractivity contribution in [3.8, 4) is 17.0 Å². The van der Waals surface area contributed by atoms with Crippen LogP contribution in [0, 0.1) is 0 Å². The first kappa shape index (κ1) is 16.8. The summed E-state index contributed by atoms with van der Waals surface area (Å²) in [5.74, 6) is 0.572. The van der Waals surface area contributed by atoms with Crippen LogP contribution in [-0.2, 0) is 6.54 Å². The fourth-order valence-corrected chi connectivity index (χ4v) is 2.67. The molecular formula is C18H21N5O2. The van der Waals surface area contributed by atoms with E-state index in [0.717, 1.165) is 23.6 Å². The lowest BCUT2D eigenvalue weighted by molar-refractivity contribution is 0.0933. The number of rotatable bonds is 6. The van der Waals surface area contributed by atoms with Gasteiger partial charge in [0.1, 0.15) is 11.4 Å². The van der Waals surface area contributed by atoms with Gasteiger partial charge in [-0.1, -0.05) is 0 Å². The molecule has 1 amide bonds. The van der Waals surface area contributed by atoms with Crippen LogP contribution >= 0.6 is 0 Å². The third kappa shape index (κ3) is 3.55. The van der Waals surface area contributed by atoms with E-state index in [9.17, 15) is 4.79 Å². The molecule has 7 heteroatoms. The number of ether oxygens (including phenoxy) is 1. The fraction of sp³-hybridized carbons (Fsp3) is 0.278. The van der Waals surface area contributed by atoms with Gasteiger partial charge >= 0.3 is 0 Å². The monoisotopic (exact) mass is 339 g/mol.